The summed E-state index contributed by atoms with van der Waals surface area (Å²) in [6.45, 7) is 12.2. The monoisotopic (exact) mass is 956 g/mol. The normalized spacial score (nSPS) is 14.6. The van der Waals surface area contributed by atoms with E-state index in [9.17, 15) is 0 Å². The first kappa shape index (κ1) is 94.3. The van der Waals surface area contributed by atoms with Crippen molar-refractivity contribution < 1.29 is 145 Å². The van der Waals surface area contributed by atoms with E-state index in [4.69, 9.17) is 109 Å². The Labute approximate surface area is 337 Å². The SMILES string of the molecule is C1COCCOCCOCCOCCO1.C1COCCOCCOCCOCCO1.O=[N+]([O-])[O-].O=[N+]([O-])[O-].O=[N+]([O-])[O-].O=[N+]([O-])[O-].[Ni+2].[Ni+2].[OH3+].[OH3+].[OH3+].[OH3+].[OH3+].[OH3+].[OH3+].[OH3+]. The van der Waals surface area contributed by atoms with Crippen LogP contribution in [-0.4, -0.2) is 152 Å². The third-order valence-corrected chi connectivity index (χ3v) is 3.72. The maximum absolute atomic E-state index is 8.25. The number of hydrogen-bond acceptors (Lipinski definition) is 22. The molecule has 0 saturated carbocycles. The number of nitrogens with zero attached hydrogens (tertiary/aromatic N) is 4. The summed E-state index contributed by atoms with van der Waals surface area (Å²) in [6, 6.07) is 0. The summed E-state index contributed by atoms with van der Waals surface area (Å²) in [7, 11) is 0. The number of ether oxygens (including phenoxy) is 10. The Morgan fingerprint density at radius 2 is 0.250 bits per heavy atom. The zero-order valence-corrected chi connectivity index (χ0v) is 32.1. The van der Waals surface area contributed by atoms with Crippen molar-refractivity contribution >= 4 is 0 Å². The Balaban J connectivity index is -0.0000000337. The second kappa shape index (κ2) is 89.0. The van der Waals surface area contributed by atoms with Gasteiger partial charge in [0.25, 0.3) is 0 Å². The van der Waals surface area contributed by atoms with E-state index in [0.717, 1.165) is 0 Å². The molecule has 56 heavy (non-hydrogen) atoms. The number of hydrogen-bond donors (Lipinski definition) is 0. The van der Waals surface area contributed by atoms with E-state index in [-0.39, 0.29) is 76.8 Å². The van der Waals surface area contributed by atoms with Gasteiger partial charge >= 0.3 is 33.0 Å². The first-order chi connectivity index (χ1) is 21.9. The first-order valence-electron chi connectivity index (χ1n) is 13.0. The van der Waals surface area contributed by atoms with Crippen LogP contribution in [0, 0.1) is 61.3 Å². The molecule has 2 fully saturated rings. The van der Waals surface area contributed by atoms with Crippen LogP contribution in [0.3, 0.4) is 0 Å². The van der Waals surface area contributed by atoms with Crippen molar-refractivity contribution in [2.45, 2.75) is 0 Å². The predicted octanol–water partition coefficient (Wildman–Crippen LogP) is -8.17. The van der Waals surface area contributed by atoms with E-state index < -0.39 is 20.3 Å². The Hall–Kier alpha value is -2.93. The molecule has 0 bridgehead atoms. The minimum atomic E-state index is -1.75. The van der Waals surface area contributed by atoms with Crippen LogP contribution in [-0.2, 0) is 124 Å². The van der Waals surface area contributed by atoms with Crippen LogP contribution in [0.4, 0.5) is 0 Å². The van der Waals surface area contributed by atoms with Gasteiger partial charge in [-0.3, -0.25) is 0 Å². The summed E-state index contributed by atoms with van der Waals surface area (Å²) in [5.74, 6) is 0. The van der Waals surface area contributed by atoms with Gasteiger partial charge in [-0.2, -0.15) is 0 Å². The topological polar surface area (TPSA) is 621 Å². The zero-order valence-electron chi connectivity index (χ0n) is 30.2. The van der Waals surface area contributed by atoms with E-state index in [1.54, 1.807) is 0 Å². The summed E-state index contributed by atoms with van der Waals surface area (Å²) in [4.78, 5) is 33.0. The minimum Gasteiger partial charge on any atom is -0.457 e. The fourth-order valence-corrected chi connectivity index (χ4v) is 2.20. The van der Waals surface area contributed by atoms with Crippen molar-refractivity contribution in [3.05, 3.63) is 61.3 Å². The maximum Gasteiger partial charge on any atom is 2.00 e. The molecule has 0 unspecified atom stereocenters. The van der Waals surface area contributed by atoms with Gasteiger partial charge in [-0.1, -0.05) is 0 Å². The zero-order chi connectivity index (χ0) is 35.5. The van der Waals surface area contributed by atoms with Crippen LogP contribution in [0.1, 0.15) is 0 Å². The second-order valence-electron chi connectivity index (χ2n) is 7.02. The molecule has 356 valence electrons. The van der Waals surface area contributed by atoms with E-state index in [1.165, 1.54) is 0 Å². The molecule has 2 saturated heterocycles. The van der Waals surface area contributed by atoms with Gasteiger partial charge in [0.05, 0.1) is 152 Å². The molecule has 2 aliphatic rings. The van der Waals surface area contributed by atoms with Gasteiger partial charge in [-0.25, -0.2) is 0 Å². The molecule has 0 spiro atoms. The van der Waals surface area contributed by atoms with Gasteiger partial charge in [0.2, 0.25) is 0 Å². The van der Waals surface area contributed by atoms with Gasteiger partial charge in [0, 0.05) is 0 Å². The largest absolute Gasteiger partial charge is 2.00 e. The molecule has 34 nitrogen and oxygen atoms in total. The Morgan fingerprint density at radius 1 is 0.214 bits per heavy atom. The summed E-state index contributed by atoms with van der Waals surface area (Å²) in [5.41, 5.74) is 0. The standard InChI is InChI=1S/2C10H20O5.4NO3.2Ni.8H2O/c2*1-2-12-5-6-14-9-10-15-8-7-13-4-3-11-1;4*2-1(3)4;;;;;;;;;;/h2*1-10H2;;;;;;;8*1H2/q;;4*-1;2*+2;;;;;;;;/p+8. The smallest absolute Gasteiger partial charge is 0.457 e. The summed E-state index contributed by atoms with van der Waals surface area (Å²) >= 11 is 0. The molecule has 24 N–H and O–H groups in total. The maximum atomic E-state index is 8.25. The molecule has 0 aromatic rings. The summed E-state index contributed by atoms with van der Waals surface area (Å²) in [5, 5.41) is 59.0. The molecule has 36 heteroatoms. The third-order valence-electron chi connectivity index (χ3n) is 3.72. The molecule has 2 rings (SSSR count). The molecular weight excluding hydrogens is 894 g/mol. The quantitative estimate of drug-likeness (QED) is 0.0941. The molecule has 0 amide bonds. The average Bonchev–Trinajstić information content (AvgIpc) is 2.96. The van der Waals surface area contributed by atoms with E-state index in [2.05, 4.69) is 0 Å². The molecule has 0 aromatic carbocycles. The van der Waals surface area contributed by atoms with Crippen LogP contribution >= 0.6 is 0 Å². The van der Waals surface area contributed by atoms with Crippen LogP contribution in [0.15, 0.2) is 0 Å². The van der Waals surface area contributed by atoms with E-state index >= 15 is 0 Å². The Morgan fingerprint density at radius 3 is 0.286 bits per heavy atom. The van der Waals surface area contributed by atoms with Gasteiger partial charge in [0.15, 0.2) is 0 Å². The van der Waals surface area contributed by atoms with Crippen molar-refractivity contribution in [3.63, 3.8) is 0 Å². The van der Waals surface area contributed by atoms with Gasteiger partial charge < -0.3 is 152 Å². The summed E-state index contributed by atoms with van der Waals surface area (Å²) in [6.07, 6.45) is 0. The van der Waals surface area contributed by atoms with Crippen molar-refractivity contribution in [1.82, 2.24) is 0 Å². The van der Waals surface area contributed by atoms with Gasteiger partial charge in [-0.05, 0) is 0 Å². The summed E-state index contributed by atoms with van der Waals surface area (Å²) < 4.78 is 52.8. The molecule has 0 aliphatic carbocycles. The molecule has 2 heterocycles. The second-order valence-corrected chi connectivity index (χ2v) is 7.02. The molecule has 0 aromatic heterocycles. The van der Waals surface area contributed by atoms with Crippen LogP contribution in [0.5, 0.6) is 0 Å². The Kier molecular flexibility index (Phi) is 150. The van der Waals surface area contributed by atoms with Gasteiger partial charge in [-0.15, -0.1) is 0 Å². The van der Waals surface area contributed by atoms with Crippen molar-refractivity contribution in [2.75, 3.05) is 132 Å². The minimum absolute atomic E-state index is 0. The molecule has 0 atom stereocenters. The van der Waals surface area contributed by atoms with Crippen molar-refractivity contribution in [2.24, 2.45) is 0 Å². The van der Waals surface area contributed by atoms with Crippen LogP contribution < -0.4 is 0 Å². The van der Waals surface area contributed by atoms with Crippen LogP contribution in [0.25, 0.3) is 0 Å². The Bertz CT molecular complexity index is 476. The van der Waals surface area contributed by atoms with Gasteiger partial charge in [0.1, 0.15) is 0 Å². The fourth-order valence-electron chi connectivity index (χ4n) is 2.20. The first-order valence-corrected chi connectivity index (χ1v) is 13.0. The molecular formula is C20H64N4Ni2O30+8. The molecule has 0 radical (unpaired) electrons. The van der Waals surface area contributed by atoms with Crippen molar-refractivity contribution in [1.29, 1.82) is 0 Å². The third kappa shape index (κ3) is 175. The van der Waals surface area contributed by atoms with E-state index in [0.29, 0.717) is 132 Å². The average molecular weight is 958 g/mol. The fraction of sp³-hybridized carbons (Fsp3) is 1.00. The van der Waals surface area contributed by atoms with Crippen molar-refractivity contribution in [3.8, 4) is 0 Å². The van der Waals surface area contributed by atoms with Crippen LogP contribution in [0.2, 0.25) is 0 Å². The predicted molar refractivity (Wildman–Crippen MR) is 189 cm³/mol. The van der Waals surface area contributed by atoms with E-state index in [1.807, 2.05) is 0 Å². The number of rotatable bonds is 0. The molecule has 2 aliphatic heterocycles.